The van der Waals surface area contributed by atoms with Gasteiger partial charge in [-0.05, 0) is 42.7 Å². The van der Waals surface area contributed by atoms with E-state index in [0.717, 1.165) is 16.8 Å². The van der Waals surface area contributed by atoms with Crippen LogP contribution in [0.3, 0.4) is 0 Å². The molecule has 0 aromatic heterocycles. The van der Waals surface area contributed by atoms with Gasteiger partial charge in [0, 0.05) is 12.2 Å². The predicted molar refractivity (Wildman–Crippen MR) is 101 cm³/mol. The number of hydrogen-bond donors (Lipinski definition) is 2. The van der Waals surface area contributed by atoms with E-state index in [1.807, 2.05) is 49.4 Å². The Morgan fingerprint density at radius 2 is 1.69 bits per heavy atom. The zero-order valence-corrected chi connectivity index (χ0v) is 15.3. The molecular weight excluding hydrogens is 332 g/mol. The van der Waals surface area contributed by atoms with E-state index >= 15 is 0 Å². The molecule has 138 valence electrons. The monoisotopic (exact) mass is 356 g/mol. The molecule has 0 aliphatic heterocycles. The standard InChI is InChI=1S/C20H24N2O4/c1-14-6-4-5-7-16(14)22-20(24)13-19(23)21-11-10-15-8-9-17(25-2)18(12-15)26-3/h4-9,12H,10-11,13H2,1-3H3,(H,21,23)(H,22,24). The molecule has 2 amide bonds. The van der Waals surface area contributed by atoms with E-state index in [9.17, 15) is 9.59 Å². The molecule has 0 aliphatic rings. The molecule has 0 heterocycles. The molecule has 0 radical (unpaired) electrons. The lowest BCUT2D eigenvalue weighted by Gasteiger charge is -2.10. The third-order valence-electron chi connectivity index (χ3n) is 3.92. The van der Waals surface area contributed by atoms with Gasteiger partial charge in [-0.3, -0.25) is 9.59 Å². The molecule has 0 atom stereocenters. The van der Waals surface area contributed by atoms with Crippen molar-refractivity contribution in [3.8, 4) is 11.5 Å². The first-order valence-electron chi connectivity index (χ1n) is 8.36. The average Bonchev–Trinajstić information content (AvgIpc) is 2.63. The Kier molecular flexibility index (Phi) is 7.02. The van der Waals surface area contributed by atoms with Gasteiger partial charge >= 0.3 is 0 Å². The highest BCUT2D eigenvalue weighted by Gasteiger charge is 2.10. The lowest BCUT2D eigenvalue weighted by Crippen LogP contribution is -2.29. The summed E-state index contributed by atoms with van der Waals surface area (Å²) in [6, 6.07) is 13.1. The van der Waals surface area contributed by atoms with Gasteiger partial charge in [0.15, 0.2) is 11.5 Å². The van der Waals surface area contributed by atoms with E-state index in [1.165, 1.54) is 0 Å². The van der Waals surface area contributed by atoms with Crippen molar-refractivity contribution in [3.05, 3.63) is 53.6 Å². The van der Waals surface area contributed by atoms with E-state index in [4.69, 9.17) is 9.47 Å². The van der Waals surface area contributed by atoms with Gasteiger partial charge in [-0.1, -0.05) is 24.3 Å². The van der Waals surface area contributed by atoms with Crippen molar-refractivity contribution >= 4 is 17.5 Å². The van der Waals surface area contributed by atoms with Gasteiger partial charge in [-0.15, -0.1) is 0 Å². The van der Waals surface area contributed by atoms with Gasteiger partial charge in [0.1, 0.15) is 6.42 Å². The summed E-state index contributed by atoms with van der Waals surface area (Å²) in [5.74, 6) is 0.668. The molecule has 2 aromatic rings. The second-order valence-corrected chi connectivity index (χ2v) is 5.83. The summed E-state index contributed by atoms with van der Waals surface area (Å²) in [5, 5.41) is 5.50. The van der Waals surface area contributed by atoms with Crippen LogP contribution < -0.4 is 20.1 Å². The maximum Gasteiger partial charge on any atom is 0.233 e. The largest absolute Gasteiger partial charge is 0.493 e. The number of carbonyl (C=O) groups is 2. The van der Waals surface area contributed by atoms with Crippen molar-refractivity contribution in [2.24, 2.45) is 0 Å². The van der Waals surface area contributed by atoms with Crippen LogP contribution >= 0.6 is 0 Å². The van der Waals surface area contributed by atoms with E-state index in [0.29, 0.717) is 24.5 Å². The Bertz CT molecular complexity index is 774. The van der Waals surface area contributed by atoms with E-state index in [-0.39, 0.29) is 18.2 Å². The molecule has 6 nitrogen and oxygen atoms in total. The number of methoxy groups -OCH3 is 2. The molecule has 2 N–H and O–H groups in total. The molecule has 0 unspecified atom stereocenters. The maximum atomic E-state index is 12.0. The van der Waals surface area contributed by atoms with Crippen molar-refractivity contribution in [2.45, 2.75) is 19.8 Å². The molecule has 6 heteroatoms. The fraction of sp³-hybridized carbons (Fsp3) is 0.300. The quantitative estimate of drug-likeness (QED) is 0.713. The molecule has 0 fully saturated rings. The van der Waals surface area contributed by atoms with Crippen LogP contribution in [-0.2, 0) is 16.0 Å². The number of carbonyl (C=O) groups excluding carboxylic acids is 2. The Hall–Kier alpha value is -3.02. The molecular formula is C20H24N2O4. The highest BCUT2D eigenvalue weighted by atomic mass is 16.5. The van der Waals surface area contributed by atoms with Gasteiger partial charge in [-0.25, -0.2) is 0 Å². The first-order valence-corrected chi connectivity index (χ1v) is 8.36. The molecule has 0 bridgehead atoms. The molecule has 2 aromatic carbocycles. The number of nitrogens with one attached hydrogen (secondary N) is 2. The van der Waals surface area contributed by atoms with Crippen LogP contribution in [-0.4, -0.2) is 32.6 Å². The average molecular weight is 356 g/mol. The van der Waals surface area contributed by atoms with Crippen LogP contribution in [0, 0.1) is 6.92 Å². The van der Waals surface area contributed by atoms with Crippen LogP contribution in [0.1, 0.15) is 17.5 Å². The van der Waals surface area contributed by atoms with Crippen molar-refractivity contribution in [2.75, 3.05) is 26.1 Å². The van der Waals surface area contributed by atoms with Gasteiger partial charge in [0.05, 0.1) is 14.2 Å². The zero-order valence-electron chi connectivity index (χ0n) is 15.3. The van der Waals surface area contributed by atoms with Gasteiger partial charge in [-0.2, -0.15) is 0 Å². The van der Waals surface area contributed by atoms with E-state index in [1.54, 1.807) is 14.2 Å². The Morgan fingerprint density at radius 3 is 2.38 bits per heavy atom. The third-order valence-corrected chi connectivity index (χ3v) is 3.92. The minimum Gasteiger partial charge on any atom is -0.493 e. The number of rotatable bonds is 8. The second kappa shape index (κ2) is 9.46. The normalized spacial score (nSPS) is 10.1. The highest BCUT2D eigenvalue weighted by Crippen LogP contribution is 2.27. The molecule has 2 rings (SSSR count). The van der Waals surface area contributed by atoms with Crippen molar-refractivity contribution in [1.29, 1.82) is 0 Å². The topological polar surface area (TPSA) is 76.7 Å². The van der Waals surface area contributed by atoms with Crippen molar-refractivity contribution in [3.63, 3.8) is 0 Å². The summed E-state index contributed by atoms with van der Waals surface area (Å²) in [4.78, 5) is 23.9. The maximum absolute atomic E-state index is 12.0. The van der Waals surface area contributed by atoms with Gasteiger partial charge in [0.2, 0.25) is 11.8 Å². The minimum atomic E-state index is -0.331. The number of para-hydroxylation sites is 1. The summed E-state index contributed by atoms with van der Waals surface area (Å²) in [7, 11) is 3.16. The van der Waals surface area contributed by atoms with Crippen LogP contribution in [0.4, 0.5) is 5.69 Å². The molecule has 0 aliphatic carbocycles. The summed E-state index contributed by atoms with van der Waals surface area (Å²) in [6.07, 6.45) is 0.422. The van der Waals surface area contributed by atoms with Crippen molar-refractivity contribution < 1.29 is 19.1 Å². The summed E-state index contributed by atoms with van der Waals surface area (Å²) < 4.78 is 10.5. The lowest BCUT2D eigenvalue weighted by atomic mass is 10.1. The van der Waals surface area contributed by atoms with E-state index in [2.05, 4.69) is 10.6 Å². The third kappa shape index (κ3) is 5.51. The van der Waals surface area contributed by atoms with Gasteiger partial charge in [0.25, 0.3) is 0 Å². The Balaban J connectivity index is 1.78. The van der Waals surface area contributed by atoms with E-state index < -0.39 is 0 Å². The van der Waals surface area contributed by atoms with Gasteiger partial charge < -0.3 is 20.1 Å². The van der Waals surface area contributed by atoms with Crippen molar-refractivity contribution in [1.82, 2.24) is 5.32 Å². The molecule has 0 spiro atoms. The van der Waals surface area contributed by atoms with Crippen LogP contribution in [0.5, 0.6) is 11.5 Å². The summed E-state index contributed by atoms with van der Waals surface area (Å²) >= 11 is 0. The number of hydrogen-bond acceptors (Lipinski definition) is 4. The van der Waals surface area contributed by atoms with Crippen LogP contribution in [0.25, 0.3) is 0 Å². The predicted octanol–water partition coefficient (Wildman–Crippen LogP) is 2.70. The fourth-order valence-corrected chi connectivity index (χ4v) is 2.50. The fourth-order valence-electron chi connectivity index (χ4n) is 2.50. The smallest absolute Gasteiger partial charge is 0.233 e. The van der Waals surface area contributed by atoms with Crippen LogP contribution in [0.2, 0.25) is 0 Å². The summed E-state index contributed by atoms with van der Waals surface area (Å²) in [6.45, 7) is 2.34. The SMILES string of the molecule is COc1ccc(CCNC(=O)CC(=O)Nc2ccccc2C)cc1OC. The number of aryl methyl sites for hydroxylation is 1. The summed E-state index contributed by atoms with van der Waals surface area (Å²) in [5.41, 5.74) is 2.68. The second-order valence-electron chi connectivity index (χ2n) is 5.83. The zero-order chi connectivity index (χ0) is 18.9. The Labute approximate surface area is 153 Å². The van der Waals surface area contributed by atoms with Crippen LogP contribution in [0.15, 0.2) is 42.5 Å². The number of ether oxygens (including phenoxy) is 2. The number of benzene rings is 2. The molecule has 0 saturated carbocycles. The molecule has 26 heavy (non-hydrogen) atoms. The Morgan fingerprint density at radius 1 is 0.962 bits per heavy atom. The lowest BCUT2D eigenvalue weighted by molar-refractivity contribution is -0.126. The molecule has 0 saturated heterocycles. The highest BCUT2D eigenvalue weighted by molar-refractivity contribution is 6.03. The number of anilines is 1. The number of amides is 2. The minimum absolute atomic E-state index is 0.208. The first-order chi connectivity index (χ1) is 12.5. The first kappa shape index (κ1) is 19.3.